The number of carbonyl (C=O) groups is 1. The second-order valence-electron chi connectivity index (χ2n) is 3.65. The van der Waals surface area contributed by atoms with E-state index in [0.29, 0.717) is 24.4 Å². The van der Waals surface area contributed by atoms with Crippen LogP contribution in [0.4, 0.5) is 0 Å². The van der Waals surface area contributed by atoms with Crippen LogP contribution in [0.1, 0.15) is 18.6 Å². The summed E-state index contributed by atoms with van der Waals surface area (Å²) in [7, 11) is 0. The molecular weight excluding hydrogens is 216 g/mol. The lowest BCUT2D eigenvalue weighted by atomic mass is 10.4. The van der Waals surface area contributed by atoms with Gasteiger partial charge in [-0.1, -0.05) is 0 Å². The Hall–Kier alpha value is -1.00. The molecule has 0 saturated heterocycles. The summed E-state index contributed by atoms with van der Waals surface area (Å²) in [6.45, 7) is 0.833. The third-order valence-electron chi connectivity index (χ3n) is 2.16. The zero-order valence-corrected chi connectivity index (χ0v) is 9.01. The molecule has 0 bridgehead atoms. The van der Waals surface area contributed by atoms with Gasteiger partial charge in [-0.15, -0.1) is 0 Å². The number of hydrogen-bond donors (Lipinski definition) is 2. The summed E-state index contributed by atoms with van der Waals surface area (Å²) < 4.78 is 5.13. The van der Waals surface area contributed by atoms with E-state index >= 15 is 0 Å². The van der Waals surface area contributed by atoms with E-state index in [2.05, 4.69) is 10.6 Å². The summed E-state index contributed by atoms with van der Waals surface area (Å²) >= 11 is 5.61. The molecule has 0 spiro atoms. The maximum Gasteiger partial charge on any atom is 0.234 e. The van der Waals surface area contributed by atoms with Crippen LogP contribution in [-0.4, -0.2) is 18.5 Å². The number of hydrogen-bond acceptors (Lipinski definition) is 3. The molecule has 0 radical (unpaired) electrons. The Kier molecular flexibility index (Phi) is 3.28. The molecule has 1 aromatic rings. The van der Waals surface area contributed by atoms with Crippen molar-refractivity contribution in [3.05, 3.63) is 23.1 Å². The van der Waals surface area contributed by atoms with E-state index < -0.39 is 0 Å². The molecule has 1 aromatic heterocycles. The van der Waals surface area contributed by atoms with E-state index in [1.807, 2.05) is 0 Å². The summed E-state index contributed by atoms with van der Waals surface area (Å²) in [5.74, 6) is 0.773. The maximum absolute atomic E-state index is 11.3. The van der Waals surface area contributed by atoms with Gasteiger partial charge in [0, 0.05) is 6.04 Å². The Morgan fingerprint density at radius 2 is 2.33 bits per heavy atom. The third kappa shape index (κ3) is 3.57. The highest BCUT2D eigenvalue weighted by atomic mass is 35.5. The van der Waals surface area contributed by atoms with Gasteiger partial charge in [0.25, 0.3) is 0 Å². The van der Waals surface area contributed by atoms with Crippen LogP contribution in [0.3, 0.4) is 0 Å². The Morgan fingerprint density at radius 3 is 2.93 bits per heavy atom. The Labute approximate surface area is 93.0 Å². The van der Waals surface area contributed by atoms with Gasteiger partial charge in [-0.05, 0) is 36.6 Å². The minimum absolute atomic E-state index is 0.0372. The van der Waals surface area contributed by atoms with Crippen LogP contribution in [0.15, 0.2) is 16.5 Å². The second kappa shape index (κ2) is 4.68. The smallest absolute Gasteiger partial charge is 0.234 e. The average Bonchev–Trinajstić information content (AvgIpc) is 2.89. The Balaban J connectivity index is 1.63. The van der Waals surface area contributed by atoms with Crippen LogP contribution in [0.5, 0.6) is 0 Å². The topological polar surface area (TPSA) is 54.3 Å². The molecule has 5 heteroatoms. The Morgan fingerprint density at radius 1 is 1.53 bits per heavy atom. The van der Waals surface area contributed by atoms with Gasteiger partial charge in [0.1, 0.15) is 5.76 Å². The zero-order chi connectivity index (χ0) is 10.7. The molecule has 0 aliphatic heterocycles. The fraction of sp³-hybridized carbons (Fsp3) is 0.500. The van der Waals surface area contributed by atoms with E-state index in [1.165, 1.54) is 0 Å². The van der Waals surface area contributed by atoms with Gasteiger partial charge in [0.2, 0.25) is 5.91 Å². The van der Waals surface area contributed by atoms with E-state index in [1.54, 1.807) is 12.1 Å². The normalized spacial score (nSPS) is 15.3. The largest absolute Gasteiger partial charge is 0.448 e. The molecule has 1 heterocycles. The van der Waals surface area contributed by atoms with Gasteiger partial charge in [0.05, 0.1) is 13.1 Å². The Bertz CT molecular complexity index is 347. The number of amides is 1. The monoisotopic (exact) mass is 228 g/mol. The van der Waals surface area contributed by atoms with Crippen molar-refractivity contribution in [2.24, 2.45) is 0 Å². The molecule has 1 aliphatic carbocycles. The first-order valence-corrected chi connectivity index (χ1v) is 5.36. The molecule has 1 fully saturated rings. The van der Waals surface area contributed by atoms with Crippen LogP contribution in [0, 0.1) is 0 Å². The zero-order valence-electron chi connectivity index (χ0n) is 8.25. The first kappa shape index (κ1) is 10.5. The van der Waals surface area contributed by atoms with Crippen LogP contribution in [0.2, 0.25) is 5.22 Å². The minimum atomic E-state index is 0.0372. The standard InChI is InChI=1S/C10H13ClN2O2/c11-9-4-3-8(15-9)5-12-6-10(14)13-7-1-2-7/h3-4,7,12H,1-2,5-6H2,(H,13,14). The quantitative estimate of drug-likeness (QED) is 0.799. The molecule has 0 unspecified atom stereocenters. The van der Waals surface area contributed by atoms with Crippen LogP contribution in [-0.2, 0) is 11.3 Å². The third-order valence-corrected chi connectivity index (χ3v) is 2.36. The van der Waals surface area contributed by atoms with Crippen molar-refractivity contribution >= 4 is 17.5 Å². The van der Waals surface area contributed by atoms with Gasteiger partial charge in [-0.25, -0.2) is 0 Å². The van der Waals surface area contributed by atoms with E-state index in [9.17, 15) is 4.79 Å². The number of rotatable bonds is 5. The fourth-order valence-electron chi connectivity index (χ4n) is 1.25. The molecule has 2 rings (SSSR count). The highest BCUT2D eigenvalue weighted by Crippen LogP contribution is 2.18. The minimum Gasteiger partial charge on any atom is -0.448 e. The number of nitrogens with one attached hydrogen (secondary N) is 2. The number of carbonyl (C=O) groups excluding carboxylic acids is 1. The molecule has 4 nitrogen and oxygen atoms in total. The van der Waals surface area contributed by atoms with Crippen molar-refractivity contribution in [1.82, 2.24) is 10.6 Å². The lowest BCUT2D eigenvalue weighted by molar-refractivity contribution is -0.120. The predicted octanol–water partition coefficient (Wildman–Crippen LogP) is 1.30. The average molecular weight is 229 g/mol. The highest BCUT2D eigenvalue weighted by Gasteiger charge is 2.22. The maximum atomic E-state index is 11.3. The fourth-order valence-corrected chi connectivity index (χ4v) is 1.41. The van der Waals surface area contributed by atoms with Gasteiger partial charge < -0.3 is 15.1 Å². The molecular formula is C10H13ClN2O2. The lowest BCUT2D eigenvalue weighted by Crippen LogP contribution is -2.34. The van der Waals surface area contributed by atoms with Gasteiger partial charge >= 0.3 is 0 Å². The van der Waals surface area contributed by atoms with Crippen molar-refractivity contribution in [3.8, 4) is 0 Å². The highest BCUT2D eigenvalue weighted by molar-refractivity contribution is 6.28. The molecule has 1 amide bonds. The van der Waals surface area contributed by atoms with Gasteiger partial charge in [-0.3, -0.25) is 4.79 Å². The predicted molar refractivity (Wildman–Crippen MR) is 56.6 cm³/mol. The summed E-state index contributed by atoms with van der Waals surface area (Å²) in [6.07, 6.45) is 2.22. The first-order valence-electron chi connectivity index (χ1n) is 4.98. The van der Waals surface area contributed by atoms with Gasteiger partial charge in [-0.2, -0.15) is 0 Å². The SMILES string of the molecule is O=C(CNCc1ccc(Cl)o1)NC1CC1. The summed E-state index contributed by atoms with van der Waals surface area (Å²) in [5.41, 5.74) is 0. The molecule has 1 saturated carbocycles. The molecule has 15 heavy (non-hydrogen) atoms. The second-order valence-corrected chi connectivity index (χ2v) is 4.02. The first-order chi connectivity index (χ1) is 7.24. The number of furan rings is 1. The van der Waals surface area contributed by atoms with Crippen molar-refractivity contribution < 1.29 is 9.21 Å². The van der Waals surface area contributed by atoms with E-state index in [0.717, 1.165) is 18.6 Å². The van der Waals surface area contributed by atoms with Crippen molar-refractivity contribution in [2.45, 2.75) is 25.4 Å². The summed E-state index contributed by atoms with van der Waals surface area (Å²) in [6, 6.07) is 3.88. The van der Waals surface area contributed by atoms with Crippen molar-refractivity contribution in [1.29, 1.82) is 0 Å². The number of halogens is 1. The molecule has 2 N–H and O–H groups in total. The summed E-state index contributed by atoms with van der Waals surface area (Å²) in [5, 5.41) is 6.24. The molecule has 0 atom stereocenters. The van der Waals surface area contributed by atoms with Gasteiger partial charge in [0.15, 0.2) is 5.22 Å². The molecule has 82 valence electrons. The van der Waals surface area contributed by atoms with E-state index in [4.69, 9.17) is 16.0 Å². The van der Waals surface area contributed by atoms with E-state index in [-0.39, 0.29) is 5.91 Å². The molecule has 1 aliphatic rings. The summed E-state index contributed by atoms with van der Waals surface area (Å²) in [4.78, 5) is 11.3. The van der Waals surface area contributed by atoms with Crippen LogP contribution in [0.25, 0.3) is 0 Å². The lowest BCUT2D eigenvalue weighted by Gasteiger charge is -2.03. The van der Waals surface area contributed by atoms with Crippen LogP contribution >= 0.6 is 11.6 Å². The van der Waals surface area contributed by atoms with Crippen LogP contribution < -0.4 is 10.6 Å². The van der Waals surface area contributed by atoms with Crippen molar-refractivity contribution in [3.63, 3.8) is 0 Å². The van der Waals surface area contributed by atoms with Crippen molar-refractivity contribution in [2.75, 3.05) is 6.54 Å². The molecule has 0 aromatic carbocycles.